The summed E-state index contributed by atoms with van der Waals surface area (Å²) in [5.74, 6) is -0.00170. The third kappa shape index (κ3) is 15.7. The molecule has 0 rings (SSSR count). The van der Waals surface area contributed by atoms with Crippen molar-refractivity contribution in [2.24, 2.45) is 0 Å². The molecule has 0 amide bonds. The monoisotopic (exact) mass is 298 g/mol. The molecular formula is C19H38O2. The number of rotatable bonds is 15. The fourth-order valence-corrected chi connectivity index (χ4v) is 2.60. The Bertz CT molecular complexity index is 226. The second-order valence-electron chi connectivity index (χ2n) is 6.37. The first kappa shape index (κ1) is 20.5. The lowest BCUT2D eigenvalue weighted by molar-refractivity contribution is -0.148. The molecule has 0 saturated carbocycles. The Labute approximate surface area is 133 Å². The van der Waals surface area contributed by atoms with Gasteiger partial charge in [-0.3, -0.25) is 4.79 Å². The third-order valence-electron chi connectivity index (χ3n) is 4.03. The van der Waals surface area contributed by atoms with Gasteiger partial charge < -0.3 is 4.74 Å². The van der Waals surface area contributed by atoms with Crippen molar-refractivity contribution < 1.29 is 9.53 Å². The van der Waals surface area contributed by atoms with Gasteiger partial charge in [-0.2, -0.15) is 0 Å². The molecule has 0 N–H and O–H groups in total. The van der Waals surface area contributed by atoms with Gasteiger partial charge in [0.2, 0.25) is 0 Å². The first-order valence-corrected chi connectivity index (χ1v) is 9.40. The molecular weight excluding hydrogens is 260 g/mol. The van der Waals surface area contributed by atoms with Crippen LogP contribution < -0.4 is 0 Å². The molecule has 0 aliphatic heterocycles. The molecule has 1 unspecified atom stereocenters. The Balaban J connectivity index is 3.32. The molecule has 0 aliphatic rings. The van der Waals surface area contributed by atoms with E-state index in [-0.39, 0.29) is 12.1 Å². The first-order valence-electron chi connectivity index (χ1n) is 9.40. The molecule has 0 bridgehead atoms. The van der Waals surface area contributed by atoms with Crippen molar-refractivity contribution in [1.82, 2.24) is 0 Å². The van der Waals surface area contributed by atoms with Gasteiger partial charge in [0.1, 0.15) is 0 Å². The molecule has 126 valence electrons. The van der Waals surface area contributed by atoms with Gasteiger partial charge in [-0.25, -0.2) is 0 Å². The Morgan fingerprint density at radius 1 is 0.762 bits per heavy atom. The van der Waals surface area contributed by atoms with E-state index in [1.54, 1.807) is 0 Å². The van der Waals surface area contributed by atoms with E-state index in [1.807, 2.05) is 6.92 Å². The van der Waals surface area contributed by atoms with E-state index in [9.17, 15) is 4.79 Å². The van der Waals surface area contributed by atoms with Crippen molar-refractivity contribution in [2.45, 2.75) is 117 Å². The van der Waals surface area contributed by atoms with E-state index >= 15 is 0 Å². The maximum absolute atomic E-state index is 11.6. The van der Waals surface area contributed by atoms with Crippen LogP contribution in [0.2, 0.25) is 0 Å². The normalized spacial score (nSPS) is 12.3. The molecule has 21 heavy (non-hydrogen) atoms. The first-order chi connectivity index (χ1) is 10.2. The van der Waals surface area contributed by atoms with Crippen LogP contribution in [-0.2, 0) is 9.53 Å². The summed E-state index contributed by atoms with van der Waals surface area (Å²) in [7, 11) is 0. The topological polar surface area (TPSA) is 26.3 Å². The maximum atomic E-state index is 11.6. The van der Waals surface area contributed by atoms with E-state index in [1.165, 1.54) is 64.2 Å². The number of esters is 1. The van der Waals surface area contributed by atoms with E-state index in [0.717, 1.165) is 19.3 Å². The molecule has 0 aromatic rings. The van der Waals surface area contributed by atoms with Gasteiger partial charge in [-0.15, -0.1) is 0 Å². The van der Waals surface area contributed by atoms with Gasteiger partial charge in [0, 0.05) is 6.42 Å². The van der Waals surface area contributed by atoms with Crippen molar-refractivity contribution in [3.05, 3.63) is 0 Å². The highest BCUT2D eigenvalue weighted by Crippen LogP contribution is 2.12. The highest BCUT2D eigenvalue weighted by molar-refractivity contribution is 5.69. The fourth-order valence-electron chi connectivity index (χ4n) is 2.60. The van der Waals surface area contributed by atoms with Crippen molar-refractivity contribution in [2.75, 3.05) is 0 Å². The summed E-state index contributed by atoms with van der Waals surface area (Å²) >= 11 is 0. The summed E-state index contributed by atoms with van der Waals surface area (Å²) in [6, 6.07) is 0. The van der Waals surface area contributed by atoms with E-state index in [2.05, 4.69) is 13.8 Å². The van der Waals surface area contributed by atoms with Crippen LogP contribution in [0.4, 0.5) is 0 Å². The largest absolute Gasteiger partial charge is 0.463 e. The van der Waals surface area contributed by atoms with E-state index < -0.39 is 0 Å². The van der Waals surface area contributed by atoms with Crippen molar-refractivity contribution in [1.29, 1.82) is 0 Å². The predicted octanol–water partition coefficient (Wildman–Crippen LogP) is 6.42. The van der Waals surface area contributed by atoms with Gasteiger partial charge in [0.05, 0.1) is 6.10 Å². The number of hydrogen-bond acceptors (Lipinski definition) is 2. The van der Waals surface area contributed by atoms with Crippen LogP contribution in [0.25, 0.3) is 0 Å². The summed E-state index contributed by atoms with van der Waals surface area (Å²) in [5, 5.41) is 0. The molecule has 1 atom stereocenters. The van der Waals surface area contributed by atoms with E-state index in [4.69, 9.17) is 4.74 Å². The van der Waals surface area contributed by atoms with E-state index in [0.29, 0.717) is 6.42 Å². The minimum atomic E-state index is -0.00170. The average molecular weight is 299 g/mol. The lowest BCUT2D eigenvalue weighted by atomic mass is 10.1. The highest BCUT2D eigenvalue weighted by Gasteiger charge is 2.08. The number of unbranched alkanes of at least 4 members (excludes halogenated alkanes) is 10. The van der Waals surface area contributed by atoms with Gasteiger partial charge in [0.25, 0.3) is 0 Å². The number of carbonyl (C=O) groups excluding carboxylic acids is 1. The molecule has 0 heterocycles. The minimum Gasteiger partial charge on any atom is -0.463 e. The van der Waals surface area contributed by atoms with Crippen LogP contribution in [0.3, 0.4) is 0 Å². The minimum absolute atomic E-state index is 0.00170. The summed E-state index contributed by atoms with van der Waals surface area (Å²) < 4.78 is 5.45. The van der Waals surface area contributed by atoms with Crippen molar-refractivity contribution in [3.8, 4) is 0 Å². The Morgan fingerprint density at radius 3 is 1.81 bits per heavy atom. The van der Waals surface area contributed by atoms with Crippen LogP contribution in [0.5, 0.6) is 0 Å². The quantitative estimate of drug-likeness (QED) is 0.257. The molecule has 0 aromatic carbocycles. The molecule has 0 spiro atoms. The lowest BCUT2D eigenvalue weighted by Gasteiger charge is -2.13. The fraction of sp³-hybridized carbons (Fsp3) is 0.947. The Morgan fingerprint density at radius 2 is 1.24 bits per heavy atom. The third-order valence-corrected chi connectivity index (χ3v) is 4.03. The number of ether oxygens (including phenoxy) is 1. The summed E-state index contributed by atoms with van der Waals surface area (Å²) in [5.41, 5.74) is 0. The molecule has 2 nitrogen and oxygen atoms in total. The zero-order valence-corrected chi connectivity index (χ0v) is 14.8. The smallest absolute Gasteiger partial charge is 0.306 e. The van der Waals surface area contributed by atoms with Crippen LogP contribution in [-0.4, -0.2) is 12.1 Å². The predicted molar refractivity (Wildman–Crippen MR) is 91.5 cm³/mol. The lowest BCUT2D eigenvalue weighted by Crippen LogP contribution is -2.14. The SMILES string of the molecule is CCCCCCCCCCC(C)OC(=O)CCCCCC. The molecule has 0 radical (unpaired) electrons. The Hall–Kier alpha value is -0.530. The number of carbonyl (C=O) groups is 1. The van der Waals surface area contributed by atoms with Crippen LogP contribution in [0, 0.1) is 0 Å². The Kier molecular flexibility index (Phi) is 15.5. The molecule has 2 heteroatoms. The molecule has 0 aromatic heterocycles. The van der Waals surface area contributed by atoms with Crippen LogP contribution in [0.1, 0.15) is 111 Å². The van der Waals surface area contributed by atoms with Gasteiger partial charge >= 0.3 is 5.97 Å². The number of hydrogen-bond donors (Lipinski definition) is 0. The van der Waals surface area contributed by atoms with Crippen molar-refractivity contribution >= 4 is 5.97 Å². The van der Waals surface area contributed by atoms with Gasteiger partial charge in [-0.05, 0) is 26.2 Å². The standard InChI is InChI=1S/C19H38O2/c1-4-6-8-10-11-12-13-14-16-18(3)21-19(20)17-15-9-7-5-2/h18H,4-17H2,1-3H3. The van der Waals surface area contributed by atoms with Crippen LogP contribution >= 0.6 is 0 Å². The summed E-state index contributed by atoms with van der Waals surface area (Å²) in [4.78, 5) is 11.6. The van der Waals surface area contributed by atoms with Gasteiger partial charge in [-0.1, -0.05) is 78.1 Å². The second-order valence-corrected chi connectivity index (χ2v) is 6.37. The average Bonchev–Trinajstić information content (AvgIpc) is 2.46. The maximum Gasteiger partial charge on any atom is 0.306 e. The highest BCUT2D eigenvalue weighted by atomic mass is 16.5. The van der Waals surface area contributed by atoms with Crippen molar-refractivity contribution in [3.63, 3.8) is 0 Å². The zero-order chi connectivity index (χ0) is 15.8. The summed E-state index contributed by atoms with van der Waals surface area (Å²) in [6.45, 7) is 6.47. The molecule has 0 saturated heterocycles. The molecule has 0 fully saturated rings. The van der Waals surface area contributed by atoms with Gasteiger partial charge in [0.15, 0.2) is 0 Å². The zero-order valence-electron chi connectivity index (χ0n) is 14.8. The van der Waals surface area contributed by atoms with Crippen LogP contribution in [0.15, 0.2) is 0 Å². The summed E-state index contributed by atoms with van der Waals surface area (Å²) in [6.07, 6.45) is 16.9. The second kappa shape index (κ2) is 15.9. The molecule has 0 aliphatic carbocycles.